The van der Waals surface area contributed by atoms with Gasteiger partial charge in [0.15, 0.2) is 0 Å². The Morgan fingerprint density at radius 3 is 2.44 bits per heavy atom. The standard InChI is InChI=1S/C7H12FN/c1-9-7-4-2-6(8)3-5-7/h6H,2-5H2,1H3. The minimum atomic E-state index is -0.560. The number of aliphatic imine (C=N–C) groups is 1. The van der Waals surface area contributed by atoms with Gasteiger partial charge in [-0.3, -0.25) is 4.99 Å². The molecule has 1 rings (SSSR count). The maximum absolute atomic E-state index is 12.4. The van der Waals surface area contributed by atoms with Crippen molar-refractivity contribution in [2.24, 2.45) is 4.99 Å². The molecule has 0 heterocycles. The van der Waals surface area contributed by atoms with Crippen LogP contribution in [0.25, 0.3) is 0 Å². The molecular formula is C7H12FN. The van der Waals surface area contributed by atoms with Crippen LogP contribution in [0, 0.1) is 0 Å². The zero-order valence-electron chi connectivity index (χ0n) is 5.73. The fourth-order valence-corrected chi connectivity index (χ4v) is 1.14. The van der Waals surface area contributed by atoms with Crippen LogP contribution in [0.2, 0.25) is 0 Å². The third-order valence-electron chi connectivity index (χ3n) is 1.81. The smallest absolute Gasteiger partial charge is 0.101 e. The highest BCUT2D eigenvalue weighted by molar-refractivity contribution is 5.85. The van der Waals surface area contributed by atoms with Gasteiger partial charge in [-0.05, 0) is 25.7 Å². The SMILES string of the molecule is CN=C1CCC(F)CC1. The van der Waals surface area contributed by atoms with Crippen molar-refractivity contribution >= 4 is 5.71 Å². The van der Waals surface area contributed by atoms with E-state index >= 15 is 0 Å². The molecular weight excluding hydrogens is 117 g/mol. The molecule has 0 radical (unpaired) electrons. The molecule has 1 fully saturated rings. The lowest BCUT2D eigenvalue weighted by atomic mass is 9.97. The maximum Gasteiger partial charge on any atom is 0.101 e. The molecule has 9 heavy (non-hydrogen) atoms. The summed E-state index contributed by atoms with van der Waals surface area (Å²) in [7, 11) is 1.79. The van der Waals surface area contributed by atoms with Crippen molar-refractivity contribution in [3.05, 3.63) is 0 Å². The molecule has 1 nitrogen and oxygen atoms in total. The second kappa shape index (κ2) is 2.95. The van der Waals surface area contributed by atoms with Gasteiger partial charge < -0.3 is 0 Å². The van der Waals surface area contributed by atoms with Crippen LogP contribution in [0.4, 0.5) is 4.39 Å². The van der Waals surface area contributed by atoms with Crippen LogP contribution in [0.3, 0.4) is 0 Å². The number of hydrogen-bond donors (Lipinski definition) is 0. The van der Waals surface area contributed by atoms with Gasteiger partial charge in [0.1, 0.15) is 6.17 Å². The molecule has 0 bridgehead atoms. The van der Waals surface area contributed by atoms with Crippen molar-refractivity contribution in [1.29, 1.82) is 0 Å². The molecule has 0 aliphatic heterocycles. The quantitative estimate of drug-likeness (QED) is 0.474. The molecule has 52 valence electrons. The molecule has 0 amide bonds. The molecule has 1 saturated carbocycles. The van der Waals surface area contributed by atoms with Crippen LogP contribution in [-0.4, -0.2) is 18.9 Å². The normalized spacial score (nSPS) is 28.2. The Kier molecular flexibility index (Phi) is 2.20. The number of halogens is 1. The Bertz CT molecular complexity index is 110. The van der Waals surface area contributed by atoms with E-state index in [0.29, 0.717) is 12.8 Å². The predicted molar refractivity (Wildman–Crippen MR) is 36.7 cm³/mol. The van der Waals surface area contributed by atoms with Crippen LogP contribution < -0.4 is 0 Å². The monoisotopic (exact) mass is 129 g/mol. The summed E-state index contributed by atoms with van der Waals surface area (Å²) in [5.41, 5.74) is 1.18. The van der Waals surface area contributed by atoms with E-state index in [1.807, 2.05) is 0 Å². The highest BCUT2D eigenvalue weighted by atomic mass is 19.1. The summed E-state index contributed by atoms with van der Waals surface area (Å²) < 4.78 is 12.4. The third kappa shape index (κ3) is 1.77. The minimum absolute atomic E-state index is 0.560. The predicted octanol–water partition coefficient (Wildman–Crippen LogP) is 1.97. The minimum Gasteiger partial charge on any atom is -0.297 e. The third-order valence-corrected chi connectivity index (χ3v) is 1.81. The Hall–Kier alpha value is -0.400. The van der Waals surface area contributed by atoms with Crippen LogP contribution >= 0.6 is 0 Å². The Morgan fingerprint density at radius 2 is 2.00 bits per heavy atom. The van der Waals surface area contributed by atoms with Gasteiger partial charge in [-0.1, -0.05) is 0 Å². The summed E-state index contributed by atoms with van der Waals surface area (Å²) in [4.78, 5) is 4.03. The van der Waals surface area contributed by atoms with Gasteiger partial charge in [0.2, 0.25) is 0 Å². The maximum atomic E-state index is 12.4. The van der Waals surface area contributed by atoms with Crippen molar-refractivity contribution in [1.82, 2.24) is 0 Å². The van der Waals surface area contributed by atoms with Gasteiger partial charge in [-0.25, -0.2) is 4.39 Å². The lowest BCUT2D eigenvalue weighted by Gasteiger charge is -2.15. The average Bonchev–Trinajstić information content (AvgIpc) is 1.90. The molecule has 1 aliphatic carbocycles. The Morgan fingerprint density at radius 1 is 1.44 bits per heavy atom. The van der Waals surface area contributed by atoms with E-state index in [2.05, 4.69) is 4.99 Å². The number of nitrogens with zero attached hydrogens (tertiary/aromatic N) is 1. The lowest BCUT2D eigenvalue weighted by Crippen LogP contribution is -2.14. The Labute approximate surface area is 55.0 Å². The zero-order valence-corrected chi connectivity index (χ0v) is 5.73. The first-order valence-electron chi connectivity index (χ1n) is 3.41. The summed E-state index contributed by atoms with van der Waals surface area (Å²) in [6.45, 7) is 0. The van der Waals surface area contributed by atoms with Crippen LogP contribution in [0.5, 0.6) is 0 Å². The van der Waals surface area contributed by atoms with Crippen molar-refractivity contribution in [3.8, 4) is 0 Å². The van der Waals surface area contributed by atoms with Crippen molar-refractivity contribution in [2.75, 3.05) is 7.05 Å². The van der Waals surface area contributed by atoms with Gasteiger partial charge in [-0.15, -0.1) is 0 Å². The van der Waals surface area contributed by atoms with Gasteiger partial charge in [-0.2, -0.15) is 0 Å². The molecule has 0 N–H and O–H groups in total. The highest BCUT2D eigenvalue weighted by Crippen LogP contribution is 2.18. The fraction of sp³-hybridized carbons (Fsp3) is 0.857. The molecule has 0 aromatic carbocycles. The number of hydrogen-bond acceptors (Lipinski definition) is 1. The molecule has 0 aromatic heterocycles. The summed E-state index contributed by atoms with van der Waals surface area (Å²) in [5.74, 6) is 0. The molecule has 2 heteroatoms. The van der Waals surface area contributed by atoms with E-state index < -0.39 is 6.17 Å². The average molecular weight is 129 g/mol. The highest BCUT2D eigenvalue weighted by Gasteiger charge is 2.14. The Balaban J connectivity index is 2.35. The molecule has 0 unspecified atom stereocenters. The van der Waals surface area contributed by atoms with Gasteiger partial charge in [0.05, 0.1) is 0 Å². The van der Waals surface area contributed by atoms with Crippen molar-refractivity contribution < 1.29 is 4.39 Å². The molecule has 0 atom stereocenters. The summed E-state index contributed by atoms with van der Waals surface area (Å²) in [5, 5.41) is 0. The van der Waals surface area contributed by atoms with Gasteiger partial charge >= 0.3 is 0 Å². The van der Waals surface area contributed by atoms with Crippen molar-refractivity contribution in [3.63, 3.8) is 0 Å². The van der Waals surface area contributed by atoms with E-state index in [1.54, 1.807) is 7.05 Å². The molecule has 0 saturated heterocycles. The summed E-state index contributed by atoms with van der Waals surface area (Å²) in [6.07, 6.45) is 2.56. The van der Waals surface area contributed by atoms with E-state index in [-0.39, 0.29) is 0 Å². The van der Waals surface area contributed by atoms with E-state index in [0.717, 1.165) is 12.8 Å². The van der Waals surface area contributed by atoms with Gasteiger partial charge in [0, 0.05) is 12.8 Å². The van der Waals surface area contributed by atoms with Gasteiger partial charge in [0.25, 0.3) is 0 Å². The molecule has 0 aromatic rings. The second-order valence-electron chi connectivity index (χ2n) is 2.46. The first-order chi connectivity index (χ1) is 4.33. The fourth-order valence-electron chi connectivity index (χ4n) is 1.14. The van der Waals surface area contributed by atoms with Crippen LogP contribution in [0.15, 0.2) is 4.99 Å². The van der Waals surface area contributed by atoms with Crippen LogP contribution in [0.1, 0.15) is 25.7 Å². The number of rotatable bonds is 0. The van der Waals surface area contributed by atoms with E-state index in [9.17, 15) is 4.39 Å². The topological polar surface area (TPSA) is 12.4 Å². The second-order valence-corrected chi connectivity index (χ2v) is 2.46. The van der Waals surface area contributed by atoms with Crippen LogP contribution in [-0.2, 0) is 0 Å². The largest absolute Gasteiger partial charge is 0.297 e. The zero-order chi connectivity index (χ0) is 6.69. The summed E-state index contributed by atoms with van der Waals surface area (Å²) in [6, 6.07) is 0. The summed E-state index contributed by atoms with van der Waals surface area (Å²) >= 11 is 0. The number of alkyl halides is 1. The molecule has 0 spiro atoms. The lowest BCUT2D eigenvalue weighted by molar-refractivity contribution is 0.292. The first kappa shape index (κ1) is 6.72. The molecule has 1 aliphatic rings. The van der Waals surface area contributed by atoms with E-state index in [1.165, 1.54) is 5.71 Å². The van der Waals surface area contributed by atoms with Crippen molar-refractivity contribution in [2.45, 2.75) is 31.9 Å². The van der Waals surface area contributed by atoms with E-state index in [4.69, 9.17) is 0 Å². The first-order valence-corrected chi connectivity index (χ1v) is 3.41.